The van der Waals surface area contributed by atoms with Gasteiger partial charge in [0, 0.05) is 10.3 Å². The Morgan fingerprint density at radius 1 is 1.56 bits per heavy atom. The summed E-state index contributed by atoms with van der Waals surface area (Å²) in [6.45, 7) is 1.97. The molecule has 0 aliphatic rings. The van der Waals surface area contributed by atoms with Gasteiger partial charge >= 0.3 is 0 Å². The lowest BCUT2D eigenvalue weighted by Crippen LogP contribution is -2.09. The Morgan fingerprint density at radius 3 is 2.94 bits per heavy atom. The van der Waals surface area contributed by atoms with E-state index in [1.165, 1.54) is 22.7 Å². The highest BCUT2D eigenvalue weighted by molar-refractivity contribution is 7.15. The molecule has 0 bridgehead atoms. The maximum atomic E-state index is 11.8. The predicted octanol–water partition coefficient (Wildman–Crippen LogP) is 3.50. The van der Waals surface area contributed by atoms with Gasteiger partial charge in [-0.2, -0.15) is 0 Å². The maximum Gasteiger partial charge on any atom is 0.267 e. The molecule has 6 heteroatoms. The predicted molar refractivity (Wildman–Crippen MR) is 68.7 cm³/mol. The van der Waals surface area contributed by atoms with Crippen LogP contribution in [0.3, 0.4) is 0 Å². The smallest absolute Gasteiger partial charge is 0.267 e. The van der Waals surface area contributed by atoms with E-state index in [-0.39, 0.29) is 5.91 Å². The number of thiophene rings is 1. The van der Waals surface area contributed by atoms with Crippen LogP contribution in [-0.4, -0.2) is 10.9 Å². The fourth-order valence-electron chi connectivity index (χ4n) is 1.14. The Kier molecular flexibility index (Phi) is 3.58. The number of alkyl halides is 1. The van der Waals surface area contributed by atoms with Gasteiger partial charge in [-0.1, -0.05) is 0 Å². The monoisotopic (exact) mass is 272 g/mol. The van der Waals surface area contributed by atoms with Crippen LogP contribution in [0.5, 0.6) is 0 Å². The largest absolute Gasteiger partial charge is 0.297 e. The first-order valence-corrected chi connectivity index (χ1v) is 6.80. The van der Waals surface area contributed by atoms with E-state index < -0.39 is 0 Å². The Labute approximate surface area is 106 Å². The summed E-state index contributed by atoms with van der Waals surface area (Å²) in [6.07, 6.45) is 0. The minimum Gasteiger partial charge on any atom is -0.297 e. The maximum absolute atomic E-state index is 11.8. The van der Waals surface area contributed by atoms with Gasteiger partial charge in [0.05, 0.1) is 16.5 Å². The van der Waals surface area contributed by atoms with Gasteiger partial charge in [0.15, 0.2) is 5.13 Å². The SMILES string of the molecule is Cc1ccc(C(=O)Nc2nc(CCl)cs2)s1. The lowest BCUT2D eigenvalue weighted by Gasteiger charge is -1.97. The van der Waals surface area contributed by atoms with E-state index in [0.29, 0.717) is 15.9 Å². The first kappa shape index (κ1) is 11.6. The molecule has 1 N–H and O–H groups in total. The summed E-state index contributed by atoms with van der Waals surface area (Å²) < 4.78 is 0. The van der Waals surface area contributed by atoms with Crippen molar-refractivity contribution >= 4 is 45.3 Å². The lowest BCUT2D eigenvalue weighted by atomic mass is 10.4. The second-order valence-corrected chi connectivity index (χ2v) is 5.56. The van der Waals surface area contributed by atoms with Gasteiger partial charge in [0.2, 0.25) is 0 Å². The molecule has 0 radical (unpaired) electrons. The molecule has 16 heavy (non-hydrogen) atoms. The second kappa shape index (κ2) is 4.95. The number of carbonyl (C=O) groups is 1. The average molecular weight is 273 g/mol. The van der Waals surface area contributed by atoms with Crippen LogP contribution in [0.2, 0.25) is 0 Å². The Bertz CT molecular complexity index is 506. The topological polar surface area (TPSA) is 42.0 Å². The van der Waals surface area contributed by atoms with Crippen molar-refractivity contribution < 1.29 is 4.79 Å². The van der Waals surface area contributed by atoms with Crippen molar-refractivity contribution in [1.29, 1.82) is 0 Å². The molecule has 1 amide bonds. The van der Waals surface area contributed by atoms with E-state index in [9.17, 15) is 4.79 Å². The molecule has 84 valence electrons. The highest BCUT2D eigenvalue weighted by Gasteiger charge is 2.10. The van der Waals surface area contributed by atoms with Crippen LogP contribution in [0.1, 0.15) is 20.2 Å². The van der Waals surface area contributed by atoms with E-state index in [4.69, 9.17) is 11.6 Å². The highest BCUT2D eigenvalue weighted by Crippen LogP contribution is 2.20. The minimum atomic E-state index is -0.117. The first-order valence-electron chi connectivity index (χ1n) is 4.57. The van der Waals surface area contributed by atoms with Crippen molar-refractivity contribution in [3.8, 4) is 0 Å². The summed E-state index contributed by atoms with van der Waals surface area (Å²) >= 11 is 8.48. The molecule has 0 atom stereocenters. The van der Waals surface area contributed by atoms with Gasteiger partial charge in [-0.05, 0) is 19.1 Å². The molecule has 2 aromatic rings. The van der Waals surface area contributed by atoms with Crippen LogP contribution in [0, 0.1) is 6.92 Å². The quantitative estimate of drug-likeness (QED) is 0.869. The lowest BCUT2D eigenvalue weighted by molar-refractivity contribution is 0.103. The zero-order valence-electron chi connectivity index (χ0n) is 8.49. The number of nitrogens with one attached hydrogen (secondary N) is 1. The highest BCUT2D eigenvalue weighted by atomic mass is 35.5. The van der Waals surface area contributed by atoms with Gasteiger partial charge in [-0.15, -0.1) is 34.3 Å². The molecule has 0 unspecified atom stereocenters. The summed E-state index contributed by atoms with van der Waals surface area (Å²) in [7, 11) is 0. The third-order valence-corrected chi connectivity index (χ3v) is 3.95. The number of aryl methyl sites for hydroxylation is 1. The molecule has 0 spiro atoms. The molecular formula is C10H9ClN2OS2. The summed E-state index contributed by atoms with van der Waals surface area (Å²) in [6, 6.07) is 3.73. The van der Waals surface area contributed by atoms with Crippen molar-refractivity contribution in [3.05, 3.63) is 33.0 Å². The average Bonchev–Trinajstić information content (AvgIpc) is 2.87. The van der Waals surface area contributed by atoms with E-state index >= 15 is 0 Å². The van der Waals surface area contributed by atoms with Crippen LogP contribution in [-0.2, 0) is 5.88 Å². The number of anilines is 1. The Morgan fingerprint density at radius 2 is 2.38 bits per heavy atom. The number of rotatable bonds is 3. The van der Waals surface area contributed by atoms with Crippen molar-refractivity contribution in [2.24, 2.45) is 0 Å². The van der Waals surface area contributed by atoms with Crippen LogP contribution in [0.25, 0.3) is 0 Å². The number of amides is 1. The first-order chi connectivity index (χ1) is 7.69. The number of carbonyl (C=O) groups excluding carboxylic acids is 1. The molecule has 0 saturated heterocycles. The van der Waals surface area contributed by atoms with Crippen LogP contribution in [0.15, 0.2) is 17.5 Å². The summed E-state index contributed by atoms with van der Waals surface area (Å²) in [5.41, 5.74) is 0.782. The van der Waals surface area contributed by atoms with Gasteiger partial charge in [0.25, 0.3) is 5.91 Å². The molecule has 2 aromatic heterocycles. The third-order valence-electron chi connectivity index (χ3n) is 1.87. The molecule has 0 fully saturated rings. The van der Waals surface area contributed by atoms with E-state index in [1.54, 1.807) is 0 Å². The van der Waals surface area contributed by atoms with E-state index in [2.05, 4.69) is 10.3 Å². The zero-order valence-corrected chi connectivity index (χ0v) is 10.9. The number of halogens is 1. The van der Waals surface area contributed by atoms with Gasteiger partial charge in [0.1, 0.15) is 0 Å². The number of nitrogens with zero attached hydrogens (tertiary/aromatic N) is 1. The second-order valence-electron chi connectivity index (χ2n) is 3.14. The zero-order chi connectivity index (χ0) is 11.5. The van der Waals surface area contributed by atoms with Crippen molar-refractivity contribution in [1.82, 2.24) is 4.98 Å². The Hall–Kier alpha value is -0.910. The molecule has 0 aliphatic carbocycles. The molecule has 3 nitrogen and oxygen atoms in total. The van der Waals surface area contributed by atoms with Crippen LogP contribution in [0.4, 0.5) is 5.13 Å². The number of hydrogen-bond donors (Lipinski definition) is 1. The Balaban J connectivity index is 2.07. The molecule has 0 saturated carbocycles. The number of aromatic nitrogens is 1. The molecular weight excluding hydrogens is 264 g/mol. The minimum absolute atomic E-state index is 0.117. The fourth-order valence-corrected chi connectivity index (χ4v) is 2.84. The van der Waals surface area contributed by atoms with Crippen molar-refractivity contribution in [2.45, 2.75) is 12.8 Å². The molecule has 0 aliphatic heterocycles. The number of hydrogen-bond acceptors (Lipinski definition) is 4. The number of thiazole rings is 1. The molecule has 0 aromatic carbocycles. The van der Waals surface area contributed by atoms with Crippen LogP contribution < -0.4 is 5.32 Å². The summed E-state index contributed by atoms with van der Waals surface area (Å²) in [5.74, 6) is 0.248. The third kappa shape index (κ3) is 2.61. The molecule has 2 rings (SSSR count). The normalized spacial score (nSPS) is 10.4. The van der Waals surface area contributed by atoms with E-state index in [0.717, 1.165) is 10.6 Å². The van der Waals surface area contributed by atoms with Crippen LogP contribution >= 0.6 is 34.3 Å². The summed E-state index contributed by atoms with van der Waals surface area (Å²) in [5, 5.41) is 5.17. The molecule has 2 heterocycles. The van der Waals surface area contributed by atoms with Crippen molar-refractivity contribution in [2.75, 3.05) is 5.32 Å². The van der Waals surface area contributed by atoms with Gasteiger partial charge < -0.3 is 0 Å². The summed E-state index contributed by atoms with van der Waals surface area (Å²) in [4.78, 5) is 17.7. The van der Waals surface area contributed by atoms with Crippen molar-refractivity contribution in [3.63, 3.8) is 0 Å². The fraction of sp³-hybridized carbons (Fsp3) is 0.200. The van der Waals surface area contributed by atoms with E-state index in [1.807, 2.05) is 24.4 Å². The standard InChI is InChI=1S/C10H9ClN2OS2/c1-6-2-3-8(16-6)9(14)13-10-12-7(4-11)5-15-10/h2-3,5H,4H2,1H3,(H,12,13,14). The van der Waals surface area contributed by atoms with Gasteiger partial charge in [-0.25, -0.2) is 4.98 Å². The van der Waals surface area contributed by atoms with Gasteiger partial charge in [-0.3, -0.25) is 10.1 Å².